The number of benzene rings is 1. The van der Waals surface area contributed by atoms with Crippen molar-refractivity contribution >= 4 is 41.0 Å². The average molecular weight is 459 g/mol. The quantitative estimate of drug-likeness (QED) is 0.616. The number of unbranched alkanes of at least 4 members (excludes halogenated alkanes) is 1. The van der Waals surface area contributed by atoms with Gasteiger partial charge in [0.25, 0.3) is 0 Å². The first-order chi connectivity index (χ1) is 15.4. The van der Waals surface area contributed by atoms with Gasteiger partial charge >= 0.3 is 6.09 Å². The highest BCUT2D eigenvalue weighted by atomic mass is 35.5. The highest BCUT2D eigenvalue weighted by Gasteiger charge is 2.36. The summed E-state index contributed by atoms with van der Waals surface area (Å²) in [5, 5.41) is 7.79. The number of aromatic nitrogens is 2. The molecule has 1 unspecified atom stereocenters. The third-order valence-electron chi connectivity index (χ3n) is 5.82. The molecule has 1 aromatic heterocycles. The SMILES string of the molecule is CCCCOC(=O)n1nc(C2CC2)cc1NC(=O)C1CC(=O)N(c2ccc(Cl)c(C)c2)C1. The van der Waals surface area contributed by atoms with E-state index in [4.69, 9.17) is 16.3 Å². The summed E-state index contributed by atoms with van der Waals surface area (Å²) >= 11 is 6.09. The zero-order chi connectivity index (χ0) is 22.8. The van der Waals surface area contributed by atoms with Gasteiger partial charge < -0.3 is 15.0 Å². The molecule has 2 aliphatic rings. The highest BCUT2D eigenvalue weighted by Crippen LogP contribution is 2.40. The van der Waals surface area contributed by atoms with Crippen molar-refractivity contribution in [3.8, 4) is 0 Å². The molecule has 32 heavy (non-hydrogen) atoms. The lowest BCUT2D eigenvalue weighted by Crippen LogP contribution is -2.29. The van der Waals surface area contributed by atoms with Crippen molar-refractivity contribution in [3.63, 3.8) is 0 Å². The third kappa shape index (κ3) is 4.80. The molecule has 2 amide bonds. The number of anilines is 2. The van der Waals surface area contributed by atoms with E-state index >= 15 is 0 Å². The summed E-state index contributed by atoms with van der Waals surface area (Å²) in [5.74, 6) is -0.393. The van der Waals surface area contributed by atoms with Crippen LogP contribution in [0.25, 0.3) is 0 Å². The van der Waals surface area contributed by atoms with E-state index < -0.39 is 12.0 Å². The lowest BCUT2D eigenvalue weighted by atomic mass is 10.1. The first-order valence-electron chi connectivity index (χ1n) is 11.0. The molecule has 1 aromatic carbocycles. The molecular formula is C23H27ClN4O4. The number of carbonyl (C=O) groups excluding carboxylic acids is 3. The number of hydrogen-bond acceptors (Lipinski definition) is 5. The van der Waals surface area contributed by atoms with Gasteiger partial charge in [-0.2, -0.15) is 5.10 Å². The molecular weight excluding hydrogens is 432 g/mol. The summed E-state index contributed by atoms with van der Waals surface area (Å²) in [6.07, 6.45) is 3.18. The molecule has 8 nitrogen and oxygen atoms in total. The number of nitrogens with zero attached hydrogens (tertiary/aromatic N) is 3. The van der Waals surface area contributed by atoms with Crippen molar-refractivity contribution in [1.29, 1.82) is 0 Å². The Morgan fingerprint density at radius 3 is 2.75 bits per heavy atom. The molecule has 2 fully saturated rings. The normalized spacial score (nSPS) is 18.2. The Morgan fingerprint density at radius 2 is 2.06 bits per heavy atom. The zero-order valence-corrected chi connectivity index (χ0v) is 19.0. The summed E-state index contributed by atoms with van der Waals surface area (Å²) in [6, 6.07) is 7.09. The van der Waals surface area contributed by atoms with E-state index in [0.29, 0.717) is 23.2 Å². The van der Waals surface area contributed by atoms with E-state index in [1.165, 1.54) is 0 Å². The van der Waals surface area contributed by atoms with E-state index in [9.17, 15) is 14.4 Å². The molecule has 1 atom stereocenters. The Kier molecular flexibility index (Phi) is 6.50. The number of ether oxygens (including phenoxy) is 1. The zero-order valence-electron chi connectivity index (χ0n) is 18.3. The second kappa shape index (κ2) is 9.32. The Bertz CT molecular complexity index is 1050. The fraction of sp³-hybridized carbons (Fsp3) is 0.478. The predicted octanol–water partition coefficient (Wildman–Crippen LogP) is 4.50. The van der Waals surface area contributed by atoms with Gasteiger partial charge in [-0.25, -0.2) is 4.79 Å². The Labute approximate surface area is 191 Å². The maximum absolute atomic E-state index is 13.0. The molecule has 4 rings (SSSR count). The lowest BCUT2D eigenvalue weighted by molar-refractivity contribution is -0.122. The smallest absolute Gasteiger partial charge is 0.436 e. The van der Waals surface area contributed by atoms with E-state index in [1.807, 2.05) is 19.9 Å². The topological polar surface area (TPSA) is 93.5 Å². The largest absolute Gasteiger partial charge is 0.448 e. The van der Waals surface area contributed by atoms with Gasteiger partial charge in [0.05, 0.1) is 18.2 Å². The van der Waals surface area contributed by atoms with Crippen LogP contribution in [0.15, 0.2) is 24.3 Å². The van der Waals surface area contributed by atoms with Crippen molar-refractivity contribution in [1.82, 2.24) is 9.78 Å². The van der Waals surface area contributed by atoms with Gasteiger partial charge in [0.15, 0.2) is 0 Å². The number of aryl methyl sites for hydroxylation is 1. The molecule has 2 heterocycles. The van der Waals surface area contributed by atoms with Crippen molar-refractivity contribution in [3.05, 3.63) is 40.5 Å². The summed E-state index contributed by atoms with van der Waals surface area (Å²) < 4.78 is 6.40. The van der Waals surface area contributed by atoms with Crippen molar-refractivity contribution in [2.45, 2.75) is 51.9 Å². The van der Waals surface area contributed by atoms with Crippen molar-refractivity contribution in [2.75, 3.05) is 23.4 Å². The van der Waals surface area contributed by atoms with Gasteiger partial charge in [-0.05, 0) is 49.9 Å². The molecule has 1 saturated carbocycles. The molecule has 170 valence electrons. The first kappa shape index (κ1) is 22.3. The van der Waals surface area contributed by atoms with Gasteiger partial charge in [-0.15, -0.1) is 4.68 Å². The van der Waals surface area contributed by atoms with Gasteiger partial charge in [-0.3, -0.25) is 9.59 Å². The molecule has 0 radical (unpaired) electrons. The highest BCUT2D eigenvalue weighted by molar-refractivity contribution is 6.31. The summed E-state index contributed by atoms with van der Waals surface area (Å²) in [5.41, 5.74) is 2.35. The number of amides is 2. The minimum atomic E-state index is -0.610. The molecule has 2 aromatic rings. The number of hydrogen-bond donors (Lipinski definition) is 1. The van der Waals surface area contributed by atoms with Gasteiger partial charge in [-0.1, -0.05) is 24.9 Å². The predicted molar refractivity (Wildman–Crippen MR) is 121 cm³/mol. The summed E-state index contributed by atoms with van der Waals surface area (Å²) in [7, 11) is 0. The number of halogens is 1. The van der Waals surface area contributed by atoms with Crippen LogP contribution in [0.1, 0.15) is 56.2 Å². The van der Waals surface area contributed by atoms with Crippen LogP contribution in [0.2, 0.25) is 5.02 Å². The van der Waals surface area contributed by atoms with Crippen molar-refractivity contribution < 1.29 is 19.1 Å². The summed E-state index contributed by atoms with van der Waals surface area (Å²) in [4.78, 5) is 39.7. The Balaban J connectivity index is 1.47. The standard InChI is InChI=1S/C23H27ClN4O4/c1-3-4-9-32-23(31)28-20(12-19(26-28)15-5-6-15)25-22(30)16-11-21(29)27(13-16)17-7-8-18(24)14(2)10-17/h7-8,10,12,15-16H,3-6,9,11,13H2,1-2H3,(H,25,30). The minimum absolute atomic E-state index is 0.0953. The molecule has 1 N–H and O–H groups in total. The van der Waals surface area contributed by atoms with Crippen LogP contribution in [0.3, 0.4) is 0 Å². The third-order valence-corrected chi connectivity index (χ3v) is 6.24. The van der Waals surface area contributed by atoms with Crippen LogP contribution in [-0.4, -0.2) is 40.8 Å². The molecule has 0 spiro atoms. The average Bonchev–Trinajstić information content (AvgIpc) is 3.42. The molecule has 0 bridgehead atoms. The molecule has 1 aliphatic heterocycles. The van der Waals surface area contributed by atoms with Crippen LogP contribution in [0.4, 0.5) is 16.3 Å². The van der Waals surface area contributed by atoms with Crippen LogP contribution in [-0.2, 0) is 14.3 Å². The fourth-order valence-corrected chi connectivity index (χ4v) is 3.85. The second-order valence-corrected chi connectivity index (χ2v) is 8.84. The van der Waals surface area contributed by atoms with Crippen LogP contribution in [0, 0.1) is 12.8 Å². The van der Waals surface area contributed by atoms with Crippen molar-refractivity contribution in [2.24, 2.45) is 5.92 Å². The van der Waals surface area contributed by atoms with E-state index in [0.717, 1.165) is 41.6 Å². The van der Waals surface area contributed by atoms with Gasteiger partial charge in [0.1, 0.15) is 5.82 Å². The van der Waals surface area contributed by atoms with E-state index in [1.54, 1.807) is 23.1 Å². The van der Waals surface area contributed by atoms with Crippen LogP contribution < -0.4 is 10.2 Å². The first-order valence-corrected chi connectivity index (χ1v) is 11.4. The van der Waals surface area contributed by atoms with Crippen LogP contribution >= 0.6 is 11.6 Å². The monoisotopic (exact) mass is 458 g/mol. The minimum Gasteiger partial charge on any atom is -0.448 e. The van der Waals surface area contributed by atoms with E-state index in [-0.39, 0.29) is 30.6 Å². The number of carbonyl (C=O) groups is 3. The summed E-state index contributed by atoms with van der Waals surface area (Å²) in [6.45, 7) is 4.44. The Morgan fingerprint density at radius 1 is 1.28 bits per heavy atom. The maximum atomic E-state index is 13.0. The van der Waals surface area contributed by atoms with E-state index in [2.05, 4.69) is 10.4 Å². The van der Waals surface area contributed by atoms with Gasteiger partial charge in [0, 0.05) is 35.7 Å². The molecule has 1 aliphatic carbocycles. The molecule has 1 saturated heterocycles. The van der Waals surface area contributed by atoms with Gasteiger partial charge in [0.2, 0.25) is 11.8 Å². The lowest BCUT2D eigenvalue weighted by Gasteiger charge is -2.17. The van der Waals surface area contributed by atoms with Crippen LogP contribution in [0.5, 0.6) is 0 Å². The number of rotatable bonds is 7. The maximum Gasteiger partial charge on any atom is 0.436 e. The second-order valence-electron chi connectivity index (χ2n) is 8.44. The molecule has 9 heteroatoms. The Hall–Kier alpha value is -2.87. The fourth-order valence-electron chi connectivity index (χ4n) is 3.73. The number of nitrogens with one attached hydrogen (secondary N) is 1.